The summed E-state index contributed by atoms with van der Waals surface area (Å²) in [4.78, 5) is 24.3. The number of anilines is 1. The van der Waals surface area contributed by atoms with Crippen molar-refractivity contribution in [3.63, 3.8) is 0 Å². The van der Waals surface area contributed by atoms with Crippen LogP contribution in [0.1, 0.15) is 12.2 Å². The van der Waals surface area contributed by atoms with Gasteiger partial charge >= 0.3 is 12.0 Å². The Labute approximate surface area is 121 Å². The number of amides is 2. The van der Waals surface area contributed by atoms with Crippen LogP contribution >= 0.6 is 0 Å². The van der Waals surface area contributed by atoms with Crippen molar-refractivity contribution in [1.82, 2.24) is 10.5 Å². The average Bonchev–Trinajstić information content (AvgIpc) is 2.99. The molecule has 0 aliphatic rings. The van der Waals surface area contributed by atoms with Gasteiger partial charge in [-0.2, -0.15) is 0 Å². The number of hydrogen-bond donors (Lipinski definition) is 2. The minimum absolute atomic E-state index is 0.0849. The molecule has 0 spiro atoms. The number of carboxylic acid groups (broad SMARTS) is 1. The monoisotopic (exact) mass is 289 g/mol. The molecule has 2 amide bonds. The van der Waals surface area contributed by atoms with Crippen LogP contribution in [0.15, 0.2) is 47.1 Å². The summed E-state index contributed by atoms with van der Waals surface area (Å²) in [5, 5.41) is 15.0. The first-order valence-corrected chi connectivity index (χ1v) is 6.38. The van der Waals surface area contributed by atoms with E-state index >= 15 is 0 Å². The van der Waals surface area contributed by atoms with Gasteiger partial charge in [0, 0.05) is 18.3 Å². The van der Waals surface area contributed by atoms with E-state index in [-0.39, 0.29) is 25.5 Å². The summed E-state index contributed by atoms with van der Waals surface area (Å²) >= 11 is 0. The second kappa shape index (κ2) is 7.09. The van der Waals surface area contributed by atoms with E-state index in [2.05, 4.69) is 10.5 Å². The molecule has 2 aromatic rings. The number of nitrogens with one attached hydrogen (secondary N) is 1. The zero-order valence-corrected chi connectivity index (χ0v) is 11.2. The highest BCUT2D eigenvalue weighted by molar-refractivity contribution is 5.92. The third-order valence-corrected chi connectivity index (χ3v) is 2.77. The number of carbonyl (C=O) groups excluding carboxylic acids is 1. The fourth-order valence-electron chi connectivity index (χ4n) is 1.75. The van der Waals surface area contributed by atoms with Crippen molar-refractivity contribution in [2.45, 2.75) is 13.0 Å². The lowest BCUT2D eigenvalue weighted by molar-refractivity contribution is -0.136. The number of carboxylic acids is 1. The number of aromatic nitrogens is 1. The standard InChI is InChI=1S/C14H15N3O4/c18-13(19)7-9-17(11-4-2-1-3-5-11)14(20)15-10-12-6-8-16-21-12/h1-6,8H,7,9-10H2,(H,15,20)(H,18,19). The van der Waals surface area contributed by atoms with Crippen LogP contribution in [0.4, 0.5) is 10.5 Å². The van der Waals surface area contributed by atoms with Gasteiger partial charge in [0.15, 0.2) is 5.76 Å². The van der Waals surface area contributed by atoms with Gasteiger partial charge in [-0.05, 0) is 12.1 Å². The summed E-state index contributed by atoms with van der Waals surface area (Å²) in [5.41, 5.74) is 0.633. The van der Waals surface area contributed by atoms with E-state index in [1.165, 1.54) is 11.1 Å². The zero-order valence-electron chi connectivity index (χ0n) is 11.2. The Morgan fingerprint density at radius 1 is 1.24 bits per heavy atom. The summed E-state index contributed by atoms with van der Waals surface area (Å²) in [6.07, 6.45) is 1.35. The van der Waals surface area contributed by atoms with Gasteiger partial charge in [-0.25, -0.2) is 4.79 Å². The van der Waals surface area contributed by atoms with Gasteiger partial charge in [0.05, 0.1) is 19.2 Å². The molecule has 0 aliphatic carbocycles. The van der Waals surface area contributed by atoms with E-state index in [1.54, 1.807) is 30.3 Å². The smallest absolute Gasteiger partial charge is 0.322 e. The summed E-state index contributed by atoms with van der Waals surface area (Å²) in [7, 11) is 0. The van der Waals surface area contributed by atoms with Crippen LogP contribution in [0.3, 0.4) is 0 Å². The Balaban J connectivity index is 2.03. The Hall–Kier alpha value is -2.83. The molecule has 0 atom stereocenters. The third kappa shape index (κ3) is 4.34. The number of hydrogen-bond acceptors (Lipinski definition) is 4. The van der Waals surface area contributed by atoms with Gasteiger partial charge in [0.2, 0.25) is 0 Å². The fraction of sp³-hybridized carbons (Fsp3) is 0.214. The molecule has 110 valence electrons. The number of urea groups is 1. The predicted molar refractivity (Wildman–Crippen MR) is 74.8 cm³/mol. The van der Waals surface area contributed by atoms with E-state index in [9.17, 15) is 9.59 Å². The Bertz CT molecular complexity index is 584. The van der Waals surface area contributed by atoms with Crippen molar-refractivity contribution in [3.8, 4) is 0 Å². The molecule has 0 aliphatic heterocycles. The first-order valence-electron chi connectivity index (χ1n) is 6.38. The highest BCUT2D eigenvalue weighted by Gasteiger charge is 2.16. The molecular formula is C14H15N3O4. The molecule has 2 N–H and O–H groups in total. The predicted octanol–water partition coefficient (Wildman–Crippen LogP) is 1.87. The quantitative estimate of drug-likeness (QED) is 0.846. The Morgan fingerprint density at radius 2 is 2.00 bits per heavy atom. The highest BCUT2D eigenvalue weighted by Crippen LogP contribution is 2.14. The van der Waals surface area contributed by atoms with E-state index in [0.29, 0.717) is 11.4 Å². The summed E-state index contributed by atoms with van der Waals surface area (Å²) < 4.78 is 4.89. The second-order valence-corrected chi connectivity index (χ2v) is 4.27. The third-order valence-electron chi connectivity index (χ3n) is 2.77. The van der Waals surface area contributed by atoms with Crippen molar-refractivity contribution in [1.29, 1.82) is 0 Å². The van der Waals surface area contributed by atoms with Crippen molar-refractivity contribution in [2.75, 3.05) is 11.4 Å². The Kier molecular flexibility index (Phi) is 4.92. The highest BCUT2D eigenvalue weighted by atomic mass is 16.5. The number of nitrogens with zero attached hydrogens (tertiary/aromatic N) is 2. The van der Waals surface area contributed by atoms with E-state index in [1.807, 2.05) is 6.07 Å². The van der Waals surface area contributed by atoms with E-state index in [4.69, 9.17) is 9.63 Å². The van der Waals surface area contributed by atoms with Crippen molar-refractivity contribution >= 4 is 17.7 Å². The van der Waals surface area contributed by atoms with Crippen LogP contribution in [-0.2, 0) is 11.3 Å². The minimum atomic E-state index is -0.959. The van der Waals surface area contributed by atoms with Crippen LogP contribution < -0.4 is 10.2 Å². The maximum Gasteiger partial charge on any atom is 0.322 e. The molecule has 0 bridgehead atoms. The number of aliphatic carboxylic acids is 1. The summed E-state index contributed by atoms with van der Waals surface area (Å²) in [6.45, 7) is 0.275. The molecule has 0 radical (unpaired) electrons. The second-order valence-electron chi connectivity index (χ2n) is 4.27. The van der Waals surface area contributed by atoms with Gasteiger partial charge in [0.1, 0.15) is 0 Å². The molecule has 1 aromatic carbocycles. The van der Waals surface area contributed by atoms with E-state index < -0.39 is 5.97 Å². The SMILES string of the molecule is O=C(O)CCN(C(=O)NCc1ccno1)c1ccccc1. The van der Waals surface area contributed by atoms with Gasteiger partial charge < -0.3 is 14.9 Å². The molecule has 1 aromatic heterocycles. The summed E-state index contributed by atoms with van der Waals surface area (Å²) in [6, 6.07) is 10.1. The zero-order chi connectivity index (χ0) is 15.1. The number of para-hydroxylation sites is 1. The molecule has 0 unspecified atom stereocenters. The lowest BCUT2D eigenvalue weighted by Gasteiger charge is -2.22. The first-order chi connectivity index (χ1) is 10.2. The molecule has 0 saturated carbocycles. The van der Waals surface area contributed by atoms with Crippen molar-refractivity contribution in [2.24, 2.45) is 0 Å². The molecular weight excluding hydrogens is 274 g/mol. The first kappa shape index (κ1) is 14.6. The minimum Gasteiger partial charge on any atom is -0.481 e. The van der Waals surface area contributed by atoms with Gasteiger partial charge in [-0.1, -0.05) is 23.4 Å². The Morgan fingerprint density at radius 3 is 2.62 bits per heavy atom. The topological polar surface area (TPSA) is 95.7 Å². The maximum atomic E-state index is 12.2. The van der Waals surface area contributed by atoms with Crippen LogP contribution in [0.25, 0.3) is 0 Å². The largest absolute Gasteiger partial charge is 0.481 e. The molecule has 2 rings (SSSR count). The van der Waals surface area contributed by atoms with Crippen LogP contribution in [0.5, 0.6) is 0 Å². The van der Waals surface area contributed by atoms with E-state index in [0.717, 1.165) is 0 Å². The molecule has 0 saturated heterocycles. The van der Waals surface area contributed by atoms with Crippen LogP contribution in [0.2, 0.25) is 0 Å². The van der Waals surface area contributed by atoms with Crippen LogP contribution in [-0.4, -0.2) is 28.8 Å². The molecule has 7 nitrogen and oxygen atoms in total. The average molecular weight is 289 g/mol. The normalized spacial score (nSPS) is 10.1. The molecule has 21 heavy (non-hydrogen) atoms. The van der Waals surface area contributed by atoms with Gasteiger partial charge in [-0.3, -0.25) is 9.69 Å². The number of benzene rings is 1. The number of rotatable bonds is 6. The fourth-order valence-corrected chi connectivity index (χ4v) is 1.75. The lowest BCUT2D eigenvalue weighted by Crippen LogP contribution is -2.40. The van der Waals surface area contributed by atoms with Crippen molar-refractivity contribution < 1.29 is 19.2 Å². The van der Waals surface area contributed by atoms with Gasteiger partial charge in [0.25, 0.3) is 0 Å². The van der Waals surface area contributed by atoms with Crippen LogP contribution in [0, 0.1) is 0 Å². The molecule has 7 heteroatoms. The molecule has 0 fully saturated rings. The maximum absolute atomic E-state index is 12.2. The number of carbonyl (C=O) groups is 2. The summed E-state index contributed by atoms with van der Waals surface area (Å²) in [5.74, 6) is -0.437. The molecule has 1 heterocycles. The van der Waals surface area contributed by atoms with Gasteiger partial charge in [-0.15, -0.1) is 0 Å². The van der Waals surface area contributed by atoms with Crippen molar-refractivity contribution in [3.05, 3.63) is 48.4 Å². The lowest BCUT2D eigenvalue weighted by atomic mass is 10.2.